The molecule has 2 aliphatic rings. The molecule has 39 heavy (non-hydrogen) atoms. The molecule has 1 aliphatic heterocycles. The standard InChI is InChI=1S/C28H25FN8O2/c29-21-5-1-2-6-22(21)39-23-10-9-18(14-32-23)25-24-26(31)33-16-34-27(24)37(35-25)20-4-3-11-36(15-20)28(38)19(13-30)12-17-7-8-17/h1-2,5-6,9-10,12,14,16-17,20H,3-4,7-8,11,15H2,(H2,31,33,34)/t20-/m1/s1. The van der Waals surface area contributed by atoms with Gasteiger partial charge in [0.15, 0.2) is 17.2 Å². The Bertz CT molecular complexity index is 1620. The van der Waals surface area contributed by atoms with Gasteiger partial charge < -0.3 is 15.4 Å². The number of para-hydroxylation sites is 1. The Morgan fingerprint density at radius 1 is 1.15 bits per heavy atom. The van der Waals surface area contributed by atoms with Crippen molar-refractivity contribution in [2.45, 2.75) is 31.7 Å². The highest BCUT2D eigenvalue weighted by molar-refractivity contribution is 5.98. The number of carbonyl (C=O) groups excluding carboxylic acids is 1. The summed E-state index contributed by atoms with van der Waals surface area (Å²) in [5, 5.41) is 15.0. The first-order valence-corrected chi connectivity index (χ1v) is 12.8. The van der Waals surface area contributed by atoms with E-state index < -0.39 is 5.82 Å². The molecule has 0 spiro atoms. The summed E-state index contributed by atoms with van der Waals surface area (Å²) in [4.78, 5) is 27.8. The van der Waals surface area contributed by atoms with Crippen LogP contribution in [0.4, 0.5) is 10.2 Å². The summed E-state index contributed by atoms with van der Waals surface area (Å²) < 4.78 is 21.4. The van der Waals surface area contributed by atoms with Gasteiger partial charge in [0.1, 0.15) is 29.5 Å². The first-order chi connectivity index (χ1) is 19.0. The van der Waals surface area contributed by atoms with Crippen LogP contribution in [0.25, 0.3) is 22.3 Å². The lowest BCUT2D eigenvalue weighted by molar-refractivity contribution is -0.128. The lowest BCUT2D eigenvalue weighted by atomic mass is 10.0. The second-order valence-electron chi connectivity index (χ2n) is 9.75. The molecule has 4 heterocycles. The molecule has 1 atom stereocenters. The van der Waals surface area contributed by atoms with E-state index in [1.807, 2.05) is 0 Å². The van der Waals surface area contributed by atoms with Gasteiger partial charge in [0.05, 0.1) is 11.4 Å². The largest absolute Gasteiger partial charge is 0.436 e. The van der Waals surface area contributed by atoms with Crippen molar-refractivity contribution in [1.82, 2.24) is 29.6 Å². The molecule has 1 saturated heterocycles. The van der Waals surface area contributed by atoms with Crippen LogP contribution in [-0.4, -0.2) is 48.6 Å². The summed E-state index contributed by atoms with van der Waals surface area (Å²) >= 11 is 0. The number of ether oxygens (including phenoxy) is 1. The highest BCUT2D eigenvalue weighted by atomic mass is 19.1. The molecular formula is C28H25FN8O2. The van der Waals surface area contributed by atoms with E-state index in [-0.39, 0.29) is 35.0 Å². The minimum atomic E-state index is -0.483. The zero-order valence-electron chi connectivity index (χ0n) is 21.0. The number of pyridine rings is 1. The molecule has 6 rings (SSSR count). The minimum Gasteiger partial charge on any atom is -0.436 e. The summed E-state index contributed by atoms with van der Waals surface area (Å²) in [6.45, 7) is 0.978. The lowest BCUT2D eigenvalue weighted by Crippen LogP contribution is -2.41. The highest BCUT2D eigenvalue weighted by Gasteiger charge is 2.31. The molecular weight excluding hydrogens is 499 g/mol. The predicted molar refractivity (Wildman–Crippen MR) is 141 cm³/mol. The van der Waals surface area contributed by atoms with Crippen LogP contribution in [0.1, 0.15) is 31.7 Å². The number of likely N-dealkylation sites (tertiary alicyclic amines) is 1. The van der Waals surface area contributed by atoms with Crippen LogP contribution in [0.5, 0.6) is 11.6 Å². The van der Waals surface area contributed by atoms with Crippen molar-refractivity contribution in [3.63, 3.8) is 0 Å². The van der Waals surface area contributed by atoms with E-state index in [2.05, 4.69) is 21.0 Å². The van der Waals surface area contributed by atoms with Crippen LogP contribution in [0, 0.1) is 23.1 Å². The van der Waals surface area contributed by atoms with Gasteiger partial charge in [0.2, 0.25) is 5.88 Å². The fourth-order valence-corrected chi connectivity index (χ4v) is 4.84. The van der Waals surface area contributed by atoms with Gasteiger partial charge in [0.25, 0.3) is 5.91 Å². The van der Waals surface area contributed by atoms with Crippen molar-refractivity contribution < 1.29 is 13.9 Å². The van der Waals surface area contributed by atoms with Crippen molar-refractivity contribution in [2.75, 3.05) is 18.8 Å². The third-order valence-corrected chi connectivity index (χ3v) is 6.98. The second kappa shape index (κ2) is 10.1. The van der Waals surface area contributed by atoms with Gasteiger partial charge in [-0.1, -0.05) is 18.2 Å². The van der Waals surface area contributed by atoms with Gasteiger partial charge in [-0.05, 0) is 49.8 Å². The first kappa shape index (κ1) is 24.5. The molecule has 196 valence electrons. The molecule has 0 unspecified atom stereocenters. The van der Waals surface area contributed by atoms with Crippen LogP contribution >= 0.6 is 0 Å². The number of nitriles is 1. The van der Waals surface area contributed by atoms with E-state index in [9.17, 15) is 14.4 Å². The van der Waals surface area contributed by atoms with E-state index in [4.69, 9.17) is 15.6 Å². The quantitative estimate of drug-likeness (QED) is 0.289. The number of rotatable bonds is 6. The molecule has 1 amide bonds. The van der Waals surface area contributed by atoms with Gasteiger partial charge in [-0.2, -0.15) is 10.4 Å². The first-order valence-electron chi connectivity index (χ1n) is 12.8. The fraction of sp³-hybridized carbons (Fsp3) is 0.286. The Hall–Kier alpha value is -4.85. The third kappa shape index (κ3) is 4.88. The number of nitrogens with zero attached hydrogens (tertiary/aromatic N) is 7. The third-order valence-electron chi connectivity index (χ3n) is 6.98. The zero-order valence-corrected chi connectivity index (χ0v) is 21.0. The number of allylic oxidation sites excluding steroid dienone is 1. The SMILES string of the molecule is N#CC(=CC1CC1)C(=O)N1CCC[C@@H](n2nc(-c3ccc(Oc4ccccc4F)nc3)c3c(N)ncnc32)C1. The van der Waals surface area contributed by atoms with E-state index in [0.717, 1.165) is 25.7 Å². The summed E-state index contributed by atoms with van der Waals surface area (Å²) in [5.74, 6) is 0.186. The summed E-state index contributed by atoms with van der Waals surface area (Å²) in [6, 6.07) is 11.4. The highest BCUT2D eigenvalue weighted by Crippen LogP contribution is 2.35. The van der Waals surface area contributed by atoms with Crippen molar-refractivity contribution in [3.8, 4) is 29.0 Å². The van der Waals surface area contributed by atoms with E-state index in [1.54, 1.807) is 46.1 Å². The molecule has 1 aromatic carbocycles. The number of carbonyl (C=O) groups is 1. The van der Waals surface area contributed by atoms with E-state index >= 15 is 0 Å². The molecule has 11 heteroatoms. The van der Waals surface area contributed by atoms with Crippen LogP contribution < -0.4 is 10.5 Å². The molecule has 10 nitrogen and oxygen atoms in total. The van der Waals surface area contributed by atoms with Gasteiger partial charge >= 0.3 is 0 Å². The molecule has 2 N–H and O–H groups in total. The van der Waals surface area contributed by atoms with Crippen LogP contribution in [0.15, 0.2) is 60.6 Å². The number of piperidine rings is 1. The topological polar surface area (TPSA) is 136 Å². The van der Waals surface area contributed by atoms with Gasteiger partial charge in [-0.3, -0.25) is 4.79 Å². The molecule has 4 aromatic rings. The van der Waals surface area contributed by atoms with Crippen LogP contribution in [0.3, 0.4) is 0 Å². The molecule has 0 bridgehead atoms. The molecule has 1 aliphatic carbocycles. The van der Waals surface area contributed by atoms with Gasteiger partial charge in [-0.15, -0.1) is 0 Å². The average molecular weight is 525 g/mol. The number of amides is 1. The zero-order chi connectivity index (χ0) is 26.9. The number of fused-ring (bicyclic) bond motifs is 1. The maximum absolute atomic E-state index is 14.0. The maximum atomic E-state index is 14.0. The van der Waals surface area contributed by atoms with Crippen molar-refractivity contribution in [1.29, 1.82) is 5.26 Å². The summed E-state index contributed by atoms with van der Waals surface area (Å²) in [6.07, 6.45) is 8.36. The number of hydrogen-bond donors (Lipinski definition) is 1. The molecule has 0 radical (unpaired) electrons. The Labute approximate surface area is 223 Å². The Kier molecular flexibility index (Phi) is 6.36. The Morgan fingerprint density at radius 2 is 2.00 bits per heavy atom. The predicted octanol–water partition coefficient (Wildman–Crippen LogP) is 4.43. The molecule has 3 aromatic heterocycles. The monoisotopic (exact) mass is 524 g/mol. The number of benzene rings is 1. The number of hydrogen-bond acceptors (Lipinski definition) is 8. The summed E-state index contributed by atoms with van der Waals surface area (Å²) in [7, 11) is 0. The smallest absolute Gasteiger partial charge is 0.264 e. The van der Waals surface area contributed by atoms with E-state index in [0.29, 0.717) is 41.3 Å². The number of nitrogens with two attached hydrogens (primary N) is 1. The van der Waals surface area contributed by atoms with Gasteiger partial charge in [0, 0.05) is 30.9 Å². The minimum absolute atomic E-state index is 0.0769. The second-order valence-corrected chi connectivity index (χ2v) is 9.75. The van der Waals surface area contributed by atoms with Gasteiger partial charge in [-0.25, -0.2) is 24.0 Å². The van der Waals surface area contributed by atoms with Crippen molar-refractivity contribution in [2.24, 2.45) is 5.92 Å². The number of halogens is 1. The normalized spacial score (nSPS) is 17.7. The number of aromatic nitrogens is 5. The fourth-order valence-electron chi connectivity index (χ4n) is 4.84. The van der Waals surface area contributed by atoms with E-state index in [1.165, 1.54) is 18.5 Å². The summed E-state index contributed by atoms with van der Waals surface area (Å²) in [5.41, 5.74) is 8.23. The average Bonchev–Trinajstić information content (AvgIpc) is 3.70. The molecule has 2 fully saturated rings. The Balaban J connectivity index is 1.30. The number of nitrogen functional groups attached to an aromatic ring is 1. The number of anilines is 1. The lowest BCUT2D eigenvalue weighted by Gasteiger charge is -2.32. The van der Waals surface area contributed by atoms with Crippen molar-refractivity contribution in [3.05, 3.63) is 66.4 Å². The van der Waals surface area contributed by atoms with Crippen molar-refractivity contribution >= 4 is 22.8 Å². The Morgan fingerprint density at radius 3 is 2.74 bits per heavy atom. The van der Waals surface area contributed by atoms with Crippen LogP contribution in [0.2, 0.25) is 0 Å². The molecule has 1 saturated carbocycles. The van der Waals surface area contributed by atoms with Crippen LogP contribution in [-0.2, 0) is 4.79 Å². The maximum Gasteiger partial charge on any atom is 0.264 e.